The van der Waals surface area contributed by atoms with Gasteiger partial charge in [-0.1, -0.05) is 28.9 Å². The zero-order valence-corrected chi connectivity index (χ0v) is 15.6. The highest BCUT2D eigenvalue weighted by Crippen LogP contribution is 2.37. The molecule has 3 aromatic rings. The quantitative estimate of drug-likeness (QED) is 0.704. The van der Waals surface area contributed by atoms with Gasteiger partial charge in [-0.3, -0.25) is 4.72 Å². The van der Waals surface area contributed by atoms with Crippen molar-refractivity contribution in [1.82, 2.24) is 5.16 Å². The van der Waals surface area contributed by atoms with Crippen LogP contribution in [-0.2, 0) is 10.0 Å². The maximum atomic E-state index is 12.7. The summed E-state index contributed by atoms with van der Waals surface area (Å²) < 4.78 is 33.3. The first-order valence-electron chi connectivity index (χ1n) is 7.10. The zero-order chi connectivity index (χ0) is 17.5. The molecule has 0 aliphatic carbocycles. The van der Waals surface area contributed by atoms with E-state index in [2.05, 4.69) is 9.88 Å². The van der Waals surface area contributed by atoms with Crippen molar-refractivity contribution in [3.8, 4) is 10.6 Å². The molecule has 8 heteroatoms. The molecule has 1 N–H and O–H groups in total. The van der Waals surface area contributed by atoms with Crippen LogP contribution in [0, 0.1) is 20.8 Å². The third-order valence-corrected chi connectivity index (χ3v) is 6.66. The third-order valence-electron chi connectivity index (χ3n) is 3.66. The van der Waals surface area contributed by atoms with Gasteiger partial charge in [0.1, 0.15) is 4.90 Å². The van der Waals surface area contributed by atoms with E-state index >= 15 is 0 Å². The Bertz CT molecular complexity index is 1010. The van der Waals surface area contributed by atoms with Crippen LogP contribution in [0.4, 0.5) is 5.69 Å². The lowest BCUT2D eigenvalue weighted by atomic mass is 10.2. The summed E-state index contributed by atoms with van der Waals surface area (Å²) in [7, 11) is -3.75. The van der Waals surface area contributed by atoms with Crippen molar-refractivity contribution in [2.75, 3.05) is 4.72 Å². The fraction of sp³-hybridized carbons (Fsp3) is 0.188. The van der Waals surface area contributed by atoms with Crippen molar-refractivity contribution in [2.24, 2.45) is 0 Å². The van der Waals surface area contributed by atoms with Crippen LogP contribution < -0.4 is 4.72 Å². The smallest absolute Gasteiger partial charge is 0.263 e. The van der Waals surface area contributed by atoms with E-state index in [0.29, 0.717) is 21.3 Å². The van der Waals surface area contributed by atoms with Gasteiger partial charge in [0.15, 0.2) is 5.76 Å². The molecule has 0 spiro atoms. The lowest BCUT2D eigenvalue weighted by Gasteiger charge is -2.08. The highest BCUT2D eigenvalue weighted by Gasteiger charge is 2.23. The average molecular weight is 383 g/mol. The third kappa shape index (κ3) is 3.07. The van der Waals surface area contributed by atoms with Crippen molar-refractivity contribution >= 4 is 38.6 Å². The summed E-state index contributed by atoms with van der Waals surface area (Å²) >= 11 is 7.39. The number of aromatic nitrogens is 1. The number of hydrogen-bond donors (Lipinski definition) is 1. The second kappa shape index (κ2) is 6.23. The van der Waals surface area contributed by atoms with Crippen molar-refractivity contribution in [2.45, 2.75) is 25.7 Å². The first-order valence-corrected chi connectivity index (χ1v) is 9.78. The molecular weight excluding hydrogens is 368 g/mol. The molecule has 0 atom stereocenters. The predicted octanol–water partition coefficient (Wildman–Crippen LogP) is 4.78. The topological polar surface area (TPSA) is 72.2 Å². The predicted molar refractivity (Wildman–Crippen MR) is 96.3 cm³/mol. The number of hydrogen-bond acceptors (Lipinski definition) is 5. The zero-order valence-electron chi connectivity index (χ0n) is 13.3. The molecule has 0 bridgehead atoms. The summed E-state index contributed by atoms with van der Waals surface area (Å²) in [5.74, 6) is 0.597. The van der Waals surface area contributed by atoms with Crippen molar-refractivity contribution in [3.63, 3.8) is 0 Å². The summed E-state index contributed by atoms with van der Waals surface area (Å²) in [6.45, 7) is 5.50. The molecule has 126 valence electrons. The van der Waals surface area contributed by atoms with E-state index < -0.39 is 10.0 Å². The summed E-state index contributed by atoms with van der Waals surface area (Å²) in [6, 6.07) is 8.31. The minimum absolute atomic E-state index is 0.205. The fourth-order valence-corrected chi connectivity index (χ4v) is 5.18. The SMILES string of the molecule is Cc1noc(-c2cc(S(=O)(=O)Nc3ccccc3Cl)c(C)s2)c1C. The van der Waals surface area contributed by atoms with E-state index in [9.17, 15) is 8.42 Å². The number of nitrogens with zero attached hydrogens (tertiary/aromatic N) is 1. The first-order chi connectivity index (χ1) is 11.3. The van der Waals surface area contributed by atoms with Crippen molar-refractivity contribution in [3.05, 3.63) is 51.5 Å². The van der Waals surface area contributed by atoms with Gasteiger partial charge in [0.2, 0.25) is 0 Å². The summed E-state index contributed by atoms with van der Waals surface area (Å²) in [5, 5.41) is 4.27. The molecule has 5 nitrogen and oxygen atoms in total. The van der Waals surface area contributed by atoms with Gasteiger partial charge in [0.25, 0.3) is 10.0 Å². The average Bonchev–Trinajstić information content (AvgIpc) is 3.06. The van der Waals surface area contributed by atoms with Gasteiger partial charge in [0.05, 0.1) is 21.3 Å². The normalized spacial score (nSPS) is 11.7. The molecule has 2 heterocycles. The second-order valence-electron chi connectivity index (χ2n) is 5.34. The van der Waals surface area contributed by atoms with Gasteiger partial charge < -0.3 is 4.52 Å². The molecule has 2 aromatic heterocycles. The molecule has 0 aliphatic heterocycles. The molecule has 0 amide bonds. The van der Waals surface area contributed by atoms with Crippen molar-refractivity contribution < 1.29 is 12.9 Å². The van der Waals surface area contributed by atoms with Crippen LogP contribution in [0.3, 0.4) is 0 Å². The Labute approximate surface area is 149 Å². The molecule has 0 fully saturated rings. The van der Waals surface area contributed by atoms with E-state index in [1.54, 1.807) is 37.3 Å². The summed E-state index contributed by atoms with van der Waals surface area (Å²) in [5.41, 5.74) is 2.03. The van der Waals surface area contributed by atoms with Crippen LogP contribution in [0.15, 0.2) is 39.8 Å². The van der Waals surface area contributed by atoms with E-state index in [4.69, 9.17) is 16.1 Å². The maximum absolute atomic E-state index is 12.7. The van der Waals surface area contributed by atoms with E-state index in [-0.39, 0.29) is 4.90 Å². The molecule has 0 unspecified atom stereocenters. The van der Waals surface area contributed by atoms with Crippen LogP contribution in [-0.4, -0.2) is 13.6 Å². The molecule has 0 saturated carbocycles. The standard InChI is InChI=1S/C16H15ClN2O3S2/c1-9-10(2)18-22-16(9)14-8-15(11(3)23-14)24(20,21)19-13-7-5-4-6-12(13)17/h4-8,19H,1-3H3. The molecule has 1 aromatic carbocycles. The molecule has 0 aliphatic rings. The van der Waals surface area contributed by atoms with E-state index in [0.717, 1.165) is 16.1 Å². The molecule has 24 heavy (non-hydrogen) atoms. The molecule has 0 saturated heterocycles. The van der Waals surface area contributed by atoms with E-state index in [1.807, 2.05) is 13.8 Å². The monoisotopic (exact) mass is 382 g/mol. The number of benzene rings is 1. The number of aryl methyl sites for hydroxylation is 2. The van der Waals surface area contributed by atoms with Crippen LogP contribution >= 0.6 is 22.9 Å². The van der Waals surface area contributed by atoms with Gasteiger partial charge in [-0.15, -0.1) is 11.3 Å². The Balaban J connectivity index is 2.00. The minimum atomic E-state index is -3.75. The summed E-state index contributed by atoms with van der Waals surface area (Å²) in [6.07, 6.45) is 0. The Morgan fingerprint density at radius 2 is 1.92 bits per heavy atom. The van der Waals surface area contributed by atoms with E-state index in [1.165, 1.54) is 11.3 Å². The van der Waals surface area contributed by atoms with Crippen LogP contribution in [0.5, 0.6) is 0 Å². The number of thiophene rings is 1. The number of nitrogens with one attached hydrogen (secondary N) is 1. The Morgan fingerprint density at radius 1 is 1.21 bits per heavy atom. The minimum Gasteiger partial charge on any atom is -0.355 e. The lowest BCUT2D eigenvalue weighted by molar-refractivity contribution is 0.427. The number of halogens is 1. The van der Waals surface area contributed by atoms with Crippen LogP contribution in [0.1, 0.15) is 16.1 Å². The number of rotatable bonds is 4. The van der Waals surface area contributed by atoms with Gasteiger partial charge in [-0.25, -0.2) is 8.42 Å². The van der Waals surface area contributed by atoms with Crippen LogP contribution in [0.25, 0.3) is 10.6 Å². The number of anilines is 1. The van der Waals surface area contributed by atoms with Crippen molar-refractivity contribution in [1.29, 1.82) is 0 Å². The first kappa shape index (κ1) is 17.0. The Kier molecular flexibility index (Phi) is 4.42. The molecule has 3 rings (SSSR count). The maximum Gasteiger partial charge on any atom is 0.263 e. The van der Waals surface area contributed by atoms with Gasteiger partial charge in [0, 0.05) is 10.4 Å². The summed E-state index contributed by atoms with van der Waals surface area (Å²) in [4.78, 5) is 1.60. The largest absolute Gasteiger partial charge is 0.355 e. The fourth-order valence-electron chi connectivity index (χ4n) is 2.23. The van der Waals surface area contributed by atoms with Gasteiger partial charge >= 0.3 is 0 Å². The Morgan fingerprint density at radius 3 is 2.54 bits per heavy atom. The molecular formula is C16H15ClN2O3S2. The highest BCUT2D eigenvalue weighted by atomic mass is 35.5. The van der Waals surface area contributed by atoms with Crippen LogP contribution in [0.2, 0.25) is 5.02 Å². The second-order valence-corrected chi connectivity index (χ2v) is 8.65. The highest BCUT2D eigenvalue weighted by molar-refractivity contribution is 7.93. The number of sulfonamides is 1. The lowest BCUT2D eigenvalue weighted by Crippen LogP contribution is -2.13. The Hall–Kier alpha value is -1.83. The van der Waals surface area contributed by atoms with Gasteiger partial charge in [-0.05, 0) is 39.0 Å². The number of para-hydroxylation sites is 1. The molecule has 0 radical (unpaired) electrons. The van der Waals surface area contributed by atoms with Gasteiger partial charge in [-0.2, -0.15) is 0 Å².